The molecule has 0 radical (unpaired) electrons. The van der Waals surface area contributed by atoms with Gasteiger partial charge in [0.25, 0.3) is 0 Å². The van der Waals surface area contributed by atoms with Crippen molar-refractivity contribution in [3.05, 3.63) is 60.3 Å². The van der Waals surface area contributed by atoms with Gasteiger partial charge in [-0.2, -0.15) is 18.3 Å². The Balaban J connectivity index is 2.06. The van der Waals surface area contributed by atoms with Crippen LogP contribution in [0.5, 0.6) is 5.75 Å². The molecule has 0 saturated heterocycles. The van der Waals surface area contributed by atoms with E-state index in [0.29, 0.717) is 17.0 Å². The number of methoxy groups -OCH3 is 1. The van der Waals surface area contributed by atoms with Gasteiger partial charge in [-0.15, -0.1) is 0 Å². The topological polar surface area (TPSA) is 70.4 Å². The third kappa shape index (κ3) is 4.77. The first-order chi connectivity index (χ1) is 13.6. The lowest BCUT2D eigenvalue weighted by Crippen LogP contribution is -2.07. The van der Waals surface area contributed by atoms with Crippen LogP contribution < -0.4 is 4.74 Å². The van der Waals surface area contributed by atoms with E-state index < -0.39 is 21.7 Å². The normalized spacial score (nSPS) is 12.2. The Kier molecular flexibility index (Phi) is 5.67. The molecule has 2 aromatic carbocycles. The summed E-state index contributed by atoms with van der Waals surface area (Å²) in [5.41, 5.74) is -0.116. The number of rotatable bonds is 6. The molecule has 0 aliphatic heterocycles. The third-order valence-corrected chi connectivity index (χ3v) is 5.13. The van der Waals surface area contributed by atoms with Crippen molar-refractivity contribution >= 4 is 9.84 Å². The highest BCUT2D eigenvalue weighted by molar-refractivity contribution is 7.90. The number of benzene rings is 2. The van der Waals surface area contributed by atoms with Gasteiger partial charge >= 0.3 is 6.18 Å². The summed E-state index contributed by atoms with van der Waals surface area (Å²) in [6, 6.07) is 12.8. The number of ether oxygens (including phenoxy) is 2. The Morgan fingerprint density at radius 3 is 2.17 bits per heavy atom. The largest absolute Gasteiger partial charge is 0.468 e. The lowest BCUT2D eigenvalue weighted by Gasteiger charge is -2.10. The van der Waals surface area contributed by atoms with E-state index >= 15 is 0 Å². The second kappa shape index (κ2) is 7.88. The van der Waals surface area contributed by atoms with E-state index in [9.17, 15) is 21.6 Å². The maximum absolute atomic E-state index is 13.2. The van der Waals surface area contributed by atoms with E-state index in [2.05, 4.69) is 5.10 Å². The predicted octanol–water partition coefficient (Wildman–Crippen LogP) is 3.94. The molecule has 3 aromatic rings. The quantitative estimate of drug-likeness (QED) is 0.559. The summed E-state index contributed by atoms with van der Waals surface area (Å²) >= 11 is 0. The van der Waals surface area contributed by atoms with Crippen molar-refractivity contribution < 1.29 is 31.1 Å². The molecule has 0 aliphatic rings. The fraction of sp³-hybridized carbons (Fsp3) is 0.211. The fourth-order valence-corrected chi connectivity index (χ4v) is 3.24. The van der Waals surface area contributed by atoms with Crippen molar-refractivity contribution in [3.8, 4) is 22.7 Å². The van der Waals surface area contributed by atoms with Crippen molar-refractivity contribution in [1.29, 1.82) is 0 Å². The molecule has 1 heterocycles. The molecule has 0 aliphatic carbocycles. The summed E-state index contributed by atoms with van der Waals surface area (Å²) in [4.78, 5) is 0.0722. The predicted molar refractivity (Wildman–Crippen MR) is 99.6 cm³/mol. The molecule has 0 bridgehead atoms. The van der Waals surface area contributed by atoms with Crippen molar-refractivity contribution in [2.75, 3.05) is 20.2 Å². The van der Waals surface area contributed by atoms with Crippen LogP contribution in [-0.2, 0) is 20.8 Å². The van der Waals surface area contributed by atoms with Crippen molar-refractivity contribution in [3.63, 3.8) is 0 Å². The van der Waals surface area contributed by atoms with Crippen LogP contribution in [0.4, 0.5) is 13.2 Å². The van der Waals surface area contributed by atoms with Gasteiger partial charge in [0.05, 0.1) is 16.3 Å². The van der Waals surface area contributed by atoms with Crippen molar-refractivity contribution in [1.82, 2.24) is 9.78 Å². The van der Waals surface area contributed by atoms with E-state index in [1.165, 1.54) is 31.4 Å². The van der Waals surface area contributed by atoms with Gasteiger partial charge in [0, 0.05) is 18.9 Å². The van der Waals surface area contributed by atoms with Crippen LogP contribution in [-0.4, -0.2) is 38.4 Å². The summed E-state index contributed by atoms with van der Waals surface area (Å²) in [5.74, 6) is 0.484. The maximum atomic E-state index is 13.2. The molecule has 0 atom stereocenters. The molecular formula is C19H17F3N2O4S. The SMILES string of the molecule is COCOc1ccc(-n2nc(C(F)(F)F)cc2-c2ccc(S(C)(=O)=O)cc2)cc1. The van der Waals surface area contributed by atoms with Crippen LogP contribution in [0.2, 0.25) is 0 Å². The summed E-state index contributed by atoms with van der Waals surface area (Å²) in [6.45, 7) is 0.0390. The van der Waals surface area contributed by atoms with Crippen LogP contribution >= 0.6 is 0 Å². The van der Waals surface area contributed by atoms with E-state index in [1.807, 2.05) is 0 Å². The van der Waals surface area contributed by atoms with Gasteiger partial charge in [-0.1, -0.05) is 12.1 Å². The molecule has 10 heteroatoms. The molecular weight excluding hydrogens is 409 g/mol. The van der Waals surface area contributed by atoms with Crippen LogP contribution in [0.1, 0.15) is 5.69 Å². The highest BCUT2D eigenvalue weighted by atomic mass is 32.2. The number of aromatic nitrogens is 2. The number of nitrogens with zero attached hydrogens (tertiary/aromatic N) is 2. The molecule has 0 amide bonds. The molecule has 0 spiro atoms. The highest BCUT2D eigenvalue weighted by Gasteiger charge is 2.35. The first-order valence-corrected chi connectivity index (χ1v) is 10.2. The minimum absolute atomic E-state index is 0.0390. The number of hydrogen-bond acceptors (Lipinski definition) is 5. The summed E-state index contributed by atoms with van der Waals surface area (Å²) in [7, 11) is -1.95. The first kappa shape index (κ1) is 20.9. The monoisotopic (exact) mass is 426 g/mol. The van der Waals surface area contributed by atoms with Crippen molar-refractivity contribution in [2.24, 2.45) is 0 Å². The smallest absolute Gasteiger partial charge is 0.435 e. The lowest BCUT2D eigenvalue weighted by atomic mass is 10.1. The van der Waals surface area contributed by atoms with Crippen LogP contribution in [0.25, 0.3) is 16.9 Å². The first-order valence-electron chi connectivity index (χ1n) is 8.29. The Hall–Kier alpha value is -2.85. The molecule has 0 fully saturated rings. The van der Waals surface area contributed by atoms with Gasteiger partial charge in [0.2, 0.25) is 0 Å². The molecule has 0 N–H and O–H groups in total. The summed E-state index contributed by atoms with van der Waals surface area (Å²) < 4.78 is 74.2. The Morgan fingerprint density at radius 2 is 1.66 bits per heavy atom. The second-order valence-corrected chi connectivity index (χ2v) is 8.18. The van der Waals surface area contributed by atoms with E-state index in [4.69, 9.17) is 9.47 Å². The zero-order valence-corrected chi connectivity index (χ0v) is 16.3. The molecule has 154 valence electrons. The summed E-state index contributed by atoms with van der Waals surface area (Å²) in [6.07, 6.45) is -3.57. The number of alkyl halides is 3. The molecule has 0 saturated carbocycles. The minimum Gasteiger partial charge on any atom is -0.468 e. The number of sulfone groups is 1. The second-order valence-electron chi connectivity index (χ2n) is 6.17. The van der Waals surface area contributed by atoms with Gasteiger partial charge in [-0.3, -0.25) is 0 Å². The van der Waals surface area contributed by atoms with Gasteiger partial charge in [0.15, 0.2) is 22.3 Å². The lowest BCUT2D eigenvalue weighted by molar-refractivity contribution is -0.141. The van der Waals surface area contributed by atoms with Gasteiger partial charge in [0.1, 0.15) is 5.75 Å². The number of hydrogen-bond donors (Lipinski definition) is 0. The van der Waals surface area contributed by atoms with E-state index in [1.54, 1.807) is 24.3 Å². The average molecular weight is 426 g/mol. The molecule has 1 aromatic heterocycles. The van der Waals surface area contributed by atoms with Gasteiger partial charge in [-0.05, 0) is 42.5 Å². The van der Waals surface area contributed by atoms with E-state index in [0.717, 1.165) is 17.0 Å². The van der Waals surface area contributed by atoms with Crippen molar-refractivity contribution in [2.45, 2.75) is 11.1 Å². The standard InChI is InChI=1S/C19H17F3N2O4S/c1-27-12-28-15-7-5-14(6-8-15)24-17(11-18(23-24)19(20,21)22)13-3-9-16(10-4-13)29(2,25)26/h3-11H,12H2,1-2H3. The fourth-order valence-electron chi connectivity index (χ4n) is 2.61. The van der Waals surface area contributed by atoms with Gasteiger partial charge < -0.3 is 9.47 Å². The third-order valence-electron chi connectivity index (χ3n) is 4.00. The average Bonchev–Trinajstić information content (AvgIpc) is 3.12. The Labute approximate surface area is 165 Å². The number of halogens is 3. The van der Waals surface area contributed by atoms with Crippen LogP contribution in [0.15, 0.2) is 59.5 Å². The Bertz CT molecular complexity index is 1090. The molecule has 29 heavy (non-hydrogen) atoms. The molecule has 0 unspecified atom stereocenters. The van der Waals surface area contributed by atoms with E-state index in [-0.39, 0.29) is 17.4 Å². The zero-order chi connectivity index (χ0) is 21.2. The highest BCUT2D eigenvalue weighted by Crippen LogP contribution is 2.33. The maximum Gasteiger partial charge on any atom is 0.435 e. The molecule has 3 rings (SSSR count). The van der Waals surface area contributed by atoms with Crippen LogP contribution in [0.3, 0.4) is 0 Å². The Morgan fingerprint density at radius 1 is 1.03 bits per heavy atom. The minimum atomic E-state index is -4.63. The van der Waals surface area contributed by atoms with Gasteiger partial charge in [-0.25, -0.2) is 13.1 Å². The van der Waals surface area contributed by atoms with Crippen LogP contribution in [0, 0.1) is 0 Å². The summed E-state index contributed by atoms with van der Waals surface area (Å²) in [5, 5.41) is 3.70. The molecule has 6 nitrogen and oxygen atoms in total. The zero-order valence-electron chi connectivity index (χ0n) is 15.5.